The van der Waals surface area contributed by atoms with Gasteiger partial charge >= 0.3 is 0 Å². The number of amides is 1. The van der Waals surface area contributed by atoms with Crippen molar-refractivity contribution in [2.24, 2.45) is 23.5 Å². The van der Waals surface area contributed by atoms with E-state index in [4.69, 9.17) is 5.73 Å². The van der Waals surface area contributed by atoms with Crippen LogP contribution < -0.4 is 11.1 Å². The Balaban J connectivity index is 1.29. The van der Waals surface area contributed by atoms with Gasteiger partial charge in [-0.2, -0.15) is 0 Å². The average molecular weight is 337 g/mol. The van der Waals surface area contributed by atoms with E-state index in [1.54, 1.807) is 0 Å². The summed E-state index contributed by atoms with van der Waals surface area (Å²) in [4.78, 5) is 16.1. The van der Waals surface area contributed by atoms with Crippen LogP contribution in [0.3, 0.4) is 0 Å². The lowest BCUT2D eigenvalue weighted by molar-refractivity contribution is -0.128. The van der Waals surface area contributed by atoms with Crippen LogP contribution >= 0.6 is 0 Å². The second kappa shape index (κ2) is 5.60. The first kappa shape index (κ1) is 15.4. The van der Waals surface area contributed by atoms with Crippen LogP contribution in [0.15, 0.2) is 30.5 Å². The smallest absolute Gasteiger partial charge is 0.237 e. The number of nitrogens with two attached hydrogens (primary N) is 1. The Hall–Kier alpha value is -1.81. The van der Waals surface area contributed by atoms with Gasteiger partial charge in [-0.15, -0.1) is 0 Å². The van der Waals surface area contributed by atoms with Gasteiger partial charge in [-0.1, -0.05) is 18.2 Å². The van der Waals surface area contributed by atoms with Gasteiger partial charge in [-0.05, 0) is 74.3 Å². The van der Waals surface area contributed by atoms with Gasteiger partial charge in [0.1, 0.15) is 0 Å². The Kier molecular flexibility index (Phi) is 3.46. The van der Waals surface area contributed by atoms with Crippen molar-refractivity contribution in [3.8, 4) is 0 Å². The van der Waals surface area contributed by atoms with Gasteiger partial charge in [0.15, 0.2) is 0 Å². The van der Waals surface area contributed by atoms with Gasteiger partial charge in [0.2, 0.25) is 5.91 Å². The minimum atomic E-state index is -0.479. The molecule has 0 spiro atoms. The van der Waals surface area contributed by atoms with Crippen LogP contribution in [0.1, 0.15) is 44.1 Å². The summed E-state index contributed by atoms with van der Waals surface area (Å²) >= 11 is 0. The van der Waals surface area contributed by atoms with Crippen LogP contribution in [0.5, 0.6) is 0 Å². The van der Waals surface area contributed by atoms with Crippen molar-refractivity contribution >= 4 is 16.8 Å². The zero-order chi connectivity index (χ0) is 17.0. The predicted molar refractivity (Wildman–Crippen MR) is 99.0 cm³/mol. The first-order chi connectivity index (χ1) is 12.1. The van der Waals surface area contributed by atoms with Crippen LogP contribution in [0.4, 0.5) is 0 Å². The highest BCUT2D eigenvalue weighted by atomic mass is 16.2. The summed E-state index contributed by atoms with van der Waals surface area (Å²) < 4.78 is 0. The Labute approximate surface area is 148 Å². The third-order valence-corrected chi connectivity index (χ3v) is 6.88. The maximum atomic E-state index is 12.8. The van der Waals surface area contributed by atoms with Crippen LogP contribution in [-0.4, -0.2) is 22.5 Å². The highest BCUT2D eigenvalue weighted by molar-refractivity contribution is 5.86. The van der Waals surface area contributed by atoms with Crippen LogP contribution in [0.2, 0.25) is 0 Å². The van der Waals surface area contributed by atoms with Crippen molar-refractivity contribution in [1.29, 1.82) is 0 Å². The molecular weight excluding hydrogens is 310 g/mol. The number of nitrogens with one attached hydrogen (secondary N) is 2. The number of hydrogen-bond donors (Lipinski definition) is 3. The number of rotatable bonds is 4. The zero-order valence-electron chi connectivity index (χ0n) is 14.6. The molecule has 4 fully saturated rings. The average Bonchev–Trinajstić information content (AvgIpc) is 2.96. The van der Waals surface area contributed by atoms with Crippen molar-refractivity contribution < 1.29 is 4.79 Å². The fraction of sp³-hybridized carbons (Fsp3) is 0.571. The second-order valence-electron chi connectivity index (χ2n) is 8.86. The Morgan fingerprint density at radius 2 is 1.80 bits per heavy atom. The molecule has 0 aliphatic heterocycles. The minimum absolute atomic E-state index is 0.0345. The van der Waals surface area contributed by atoms with Gasteiger partial charge in [-0.3, -0.25) is 4.79 Å². The molecule has 6 rings (SSSR count). The number of carbonyl (C=O) groups is 1. The molecule has 4 saturated carbocycles. The van der Waals surface area contributed by atoms with Gasteiger partial charge in [0.25, 0.3) is 0 Å². The summed E-state index contributed by atoms with van der Waals surface area (Å²) in [6, 6.07) is 7.71. The van der Waals surface area contributed by atoms with Crippen molar-refractivity contribution in [3.05, 3.63) is 36.0 Å². The maximum Gasteiger partial charge on any atom is 0.237 e. The normalized spacial score (nSPS) is 34.4. The molecule has 4 N–H and O–H groups in total. The van der Waals surface area contributed by atoms with E-state index in [1.807, 2.05) is 18.3 Å². The first-order valence-electron chi connectivity index (χ1n) is 9.73. The van der Waals surface area contributed by atoms with Gasteiger partial charge in [0, 0.05) is 22.6 Å². The van der Waals surface area contributed by atoms with Crippen LogP contribution in [0.25, 0.3) is 10.9 Å². The third kappa shape index (κ3) is 2.67. The summed E-state index contributed by atoms with van der Waals surface area (Å²) in [5, 5.41) is 4.58. The van der Waals surface area contributed by atoms with Gasteiger partial charge in [0.05, 0.1) is 6.04 Å². The summed E-state index contributed by atoms with van der Waals surface area (Å²) in [6.07, 6.45) is 10.2. The van der Waals surface area contributed by atoms with Gasteiger partial charge < -0.3 is 16.0 Å². The molecule has 1 aromatic carbocycles. The number of para-hydroxylation sites is 1. The van der Waals surface area contributed by atoms with Crippen molar-refractivity contribution in [1.82, 2.24) is 10.3 Å². The van der Waals surface area contributed by atoms with Crippen LogP contribution in [-0.2, 0) is 11.2 Å². The molecule has 4 bridgehead atoms. The van der Waals surface area contributed by atoms with E-state index in [2.05, 4.69) is 22.4 Å². The van der Waals surface area contributed by atoms with Crippen molar-refractivity contribution in [2.45, 2.75) is 56.5 Å². The summed E-state index contributed by atoms with van der Waals surface area (Å²) in [7, 11) is 0. The lowest BCUT2D eigenvalue weighted by atomic mass is 9.53. The summed E-state index contributed by atoms with van der Waals surface area (Å²) in [5.41, 5.74) is 8.58. The molecule has 4 nitrogen and oxygen atoms in total. The fourth-order valence-electron chi connectivity index (χ4n) is 6.25. The molecule has 4 aliphatic carbocycles. The number of fused-ring (bicyclic) bond motifs is 1. The number of aromatic amines is 1. The second-order valence-corrected chi connectivity index (χ2v) is 8.86. The molecule has 4 heteroatoms. The number of carbonyl (C=O) groups excluding carboxylic acids is 1. The Morgan fingerprint density at radius 3 is 2.48 bits per heavy atom. The van der Waals surface area contributed by atoms with Crippen LogP contribution in [0, 0.1) is 17.8 Å². The zero-order valence-corrected chi connectivity index (χ0v) is 14.6. The maximum absolute atomic E-state index is 12.8. The van der Waals surface area contributed by atoms with E-state index in [0.717, 1.165) is 28.8 Å². The molecule has 1 atom stereocenters. The molecule has 4 aliphatic rings. The molecule has 0 radical (unpaired) electrons. The SMILES string of the molecule is N[C@@H](Cc1c[nH]c2ccccc12)C(=O)NC12CC3CC(CC(C3)C1)C2. The Bertz CT molecular complexity index is 773. The monoisotopic (exact) mass is 337 g/mol. The lowest BCUT2D eigenvalue weighted by Gasteiger charge is -2.57. The van der Waals surface area contributed by atoms with E-state index < -0.39 is 6.04 Å². The minimum Gasteiger partial charge on any atom is -0.361 e. The van der Waals surface area contributed by atoms with E-state index in [0.29, 0.717) is 6.42 Å². The molecule has 1 aromatic heterocycles. The largest absolute Gasteiger partial charge is 0.361 e. The predicted octanol–water partition coefficient (Wildman–Crippen LogP) is 3.12. The Morgan fingerprint density at radius 1 is 1.16 bits per heavy atom. The van der Waals surface area contributed by atoms with Crippen molar-refractivity contribution in [3.63, 3.8) is 0 Å². The molecule has 0 saturated heterocycles. The number of H-pyrrole nitrogens is 1. The highest BCUT2D eigenvalue weighted by Gasteiger charge is 2.51. The molecule has 1 amide bonds. The topological polar surface area (TPSA) is 70.9 Å². The molecule has 1 heterocycles. The number of aromatic nitrogens is 1. The molecule has 25 heavy (non-hydrogen) atoms. The highest BCUT2D eigenvalue weighted by Crippen LogP contribution is 2.55. The third-order valence-electron chi connectivity index (χ3n) is 6.88. The summed E-state index contributed by atoms with van der Waals surface area (Å²) in [6.45, 7) is 0. The number of hydrogen-bond acceptors (Lipinski definition) is 2. The summed E-state index contributed by atoms with van der Waals surface area (Å²) in [5.74, 6) is 2.52. The van der Waals surface area contributed by atoms with E-state index in [1.165, 1.54) is 43.9 Å². The molecule has 2 aromatic rings. The molecule has 0 unspecified atom stereocenters. The first-order valence-corrected chi connectivity index (χ1v) is 9.73. The quantitative estimate of drug-likeness (QED) is 0.802. The molecule has 132 valence electrons. The van der Waals surface area contributed by atoms with Crippen molar-refractivity contribution in [2.75, 3.05) is 0 Å². The lowest BCUT2D eigenvalue weighted by Crippen LogP contribution is -2.62. The fourth-order valence-corrected chi connectivity index (χ4v) is 6.25. The van der Waals surface area contributed by atoms with E-state index in [-0.39, 0.29) is 11.4 Å². The van der Waals surface area contributed by atoms with Gasteiger partial charge in [-0.25, -0.2) is 0 Å². The molecular formula is C21H27N3O. The van der Waals surface area contributed by atoms with E-state index >= 15 is 0 Å². The number of benzene rings is 1. The van der Waals surface area contributed by atoms with E-state index in [9.17, 15) is 4.79 Å². The standard InChI is InChI=1S/C21H27N3O/c22-18(8-16-12-23-19-4-2-1-3-17(16)19)20(25)24-21-9-13-5-14(10-21)7-15(6-13)11-21/h1-4,12-15,18,23H,5-11,22H2,(H,24,25)/t13?,14?,15?,18-,21?/m0/s1.